The number of carbonyl (C=O) groups is 2. The summed E-state index contributed by atoms with van der Waals surface area (Å²) in [6, 6.07) is 29.7. The molecule has 36 heavy (non-hydrogen) atoms. The van der Waals surface area contributed by atoms with E-state index in [4.69, 9.17) is 10.2 Å². The van der Waals surface area contributed by atoms with Crippen LogP contribution in [0.2, 0.25) is 0 Å². The van der Waals surface area contributed by atoms with Crippen molar-refractivity contribution in [1.29, 1.82) is 0 Å². The Bertz CT molecular complexity index is 1250. The molecule has 4 aromatic carbocycles. The predicted molar refractivity (Wildman–Crippen MR) is 148 cm³/mol. The second-order valence-corrected chi connectivity index (χ2v) is 9.23. The van der Waals surface area contributed by atoms with Gasteiger partial charge < -0.3 is 10.2 Å². The maximum atomic E-state index is 10.4. The SMILES string of the molecule is O=C(O)CCCCCc1ccc2ccccc2c1.O=C(O)CCCCCc1cccc2ccccc12. The fourth-order valence-electron chi connectivity index (χ4n) is 4.46. The van der Waals surface area contributed by atoms with Crippen molar-refractivity contribution in [2.75, 3.05) is 0 Å². The molecule has 0 aliphatic heterocycles. The van der Waals surface area contributed by atoms with E-state index in [1.165, 1.54) is 32.7 Å². The van der Waals surface area contributed by atoms with Gasteiger partial charge in [-0.3, -0.25) is 9.59 Å². The summed E-state index contributed by atoms with van der Waals surface area (Å²) in [5.41, 5.74) is 2.70. The maximum Gasteiger partial charge on any atom is 0.303 e. The zero-order chi connectivity index (χ0) is 25.6. The van der Waals surface area contributed by atoms with Crippen molar-refractivity contribution in [3.8, 4) is 0 Å². The normalized spacial score (nSPS) is 10.7. The molecule has 0 atom stereocenters. The number of carboxylic acid groups (broad SMARTS) is 2. The molecule has 0 amide bonds. The van der Waals surface area contributed by atoms with Crippen LogP contribution in [0.25, 0.3) is 21.5 Å². The van der Waals surface area contributed by atoms with Crippen molar-refractivity contribution >= 4 is 33.5 Å². The molecule has 0 aromatic heterocycles. The van der Waals surface area contributed by atoms with Crippen LogP contribution in [0, 0.1) is 0 Å². The highest BCUT2D eigenvalue weighted by Gasteiger charge is 2.02. The lowest BCUT2D eigenvalue weighted by atomic mass is 9.99. The molecular formula is C32H36O4. The van der Waals surface area contributed by atoms with Gasteiger partial charge >= 0.3 is 11.9 Å². The summed E-state index contributed by atoms with van der Waals surface area (Å²) in [5, 5.41) is 22.3. The van der Waals surface area contributed by atoms with Gasteiger partial charge in [0.1, 0.15) is 0 Å². The summed E-state index contributed by atoms with van der Waals surface area (Å²) in [6.45, 7) is 0. The Morgan fingerprint density at radius 1 is 0.528 bits per heavy atom. The molecule has 4 rings (SSSR count). The molecule has 0 saturated carbocycles. The monoisotopic (exact) mass is 484 g/mol. The average molecular weight is 485 g/mol. The summed E-state index contributed by atoms with van der Waals surface area (Å²) in [6.07, 6.45) is 8.28. The van der Waals surface area contributed by atoms with Crippen molar-refractivity contribution in [2.24, 2.45) is 0 Å². The largest absolute Gasteiger partial charge is 0.481 e. The topological polar surface area (TPSA) is 74.6 Å². The standard InChI is InChI=1S/2C16H18O2/c17-16(18)12-3-1-2-7-13-9-6-10-14-8-4-5-11-15(13)14;17-16(18)9-3-1-2-6-13-10-11-14-7-4-5-8-15(14)12-13/h4-6,8-11H,1-3,7,12H2,(H,17,18);4-5,7-8,10-12H,1-3,6,9H2,(H,17,18). The van der Waals surface area contributed by atoms with Gasteiger partial charge in [0, 0.05) is 12.8 Å². The Labute approximate surface area is 213 Å². The minimum absolute atomic E-state index is 0.287. The smallest absolute Gasteiger partial charge is 0.303 e. The molecule has 4 heteroatoms. The first kappa shape index (κ1) is 26.9. The molecule has 0 spiro atoms. The highest BCUT2D eigenvalue weighted by molar-refractivity contribution is 5.85. The molecule has 0 unspecified atom stereocenters. The van der Waals surface area contributed by atoms with E-state index in [2.05, 4.69) is 78.9 Å². The van der Waals surface area contributed by atoms with Gasteiger partial charge in [0.15, 0.2) is 0 Å². The number of rotatable bonds is 12. The third kappa shape index (κ3) is 9.18. The average Bonchev–Trinajstić information content (AvgIpc) is 2.88. The number of hydrogen-bond acceptors (Lipinski definition) is 2. The molecule has 188 valence electrons. The van der Waals surface area contributed by atoms with E-state index in [9.17, 15) is 9.59 Å². The molecule has 2 N–H and O–H groups in total. The second kappa shape index (κ2) is 14.7. The van der Waals surface area contributed by atoms with Gasteiger partial charge in [-0.1, -0.05) is 97.8 Å². The minimum atomic E-state index is -0.694. The Morgan fingerprint density at radius 3 is 1.81 bits per heavy atom. The van der Waals surface area contributed by atoms with Crippen LogP contribution in [0.4, 0.5) is 0 Å². The quantitative estimate of drug-likeness (QED) is 0.199. The number of aryl methyl sites for hydroxylation is 2. The maximum absolute atomic E-state index is 10.4. The predicted octanol–water partition coefficient (Wildman–Crippen LogP) is 8.05. The number of aliphatic carboxylic acids is 2. The fraction of sp³-hybridized carbons (Fsp3) is 0.312. The minimum Gasteiger partial charge on any atom is -0.481 e. The molecule has 0 aliphatic carbocycles. The molecule has 0 bridgehead atoms. The first-order chi connectivity index (χ1) is 17.5. The van der Waals surface area contributed by atoms with Crippen molar-refractivity contribution in [1.82, 2.24) is 0 Å². The van der Waals surface area contributed by atoms with Crippen LogP contribution >= 0.6 is 0 Å². The van der Waals surface area contributed by atoms with Gasteiger partial charge in [0.25, 0.3) is 0 Å². The van der Waals surface area contributed by atoms with E-state index < -0.39 is 11.9 Å². The lowest BCUT2D eigenvalue weighted by Crippen LogP contribution is -1.94. The summed E-state index contributed by atoms with van der Waals surface area (Å²) in [7, 11) is 0. The first-order valence-corrected chi connectivity index (χ1v) is 12.9. The van der Waals surface area contributed by atoms with Crippen LogP contribution in [0.3, 0.4) is 0 Å². The van der Waals surface area contributed by atoms with Crippen LogP contribution in [-0.2, 0) is 22.4 Å². The van der Waals surface area contributed by atoms with Gasteiger partial charge in [0.2, 0.25) is 0 Å². The van der Waals surface area contributed by atoms with E-state index in [1.54, 1.807) is 0 Å². The van der Waals surface area contributed by atoms with E-state index in [-0.39, 0.29) is 12.8 Å². The molecular weight excluding hydrogens is 448 g/mol. The molecule has 0 aliphatic rings. The van der Waals surface area contributed by atoms with Crippen molar-refractivity contribution in [2.45, 2.75) is 64.2 Å². The van der Waals surface area contributed by atoms with Crippen LogP contribution in [-0.4, -0.2) is 22.2 Å². The summed E-state index contributed by atoms with van der Waals surface area (Å²) >= 11 is 0. The number of unbranched alkanes of at least 4 members (excludes halogenated alkanes) is 4. The highest BCUT2D eigenvalue weighted by Crippen LogP contribution is 2.20. The number of hydrogen-bond donors (Lipinski definition) is 2. The van der Waals surface area contributed by atoms with Gasteiger partial charge in [-0.2, -0.15) is 0 Å². The van der Waals surface area contributed by atoms with Crippen molar-refractivity contribution < 1.29 is 19.8 Å². The van der Waals surface area contributed by atoms with Gasteiger partial charge in [-0.15, -0.1) is 0 Å². The fourth-order valence-corrected chi connectivity index (χ4v) is 4.46. The van der Waals surface area contributed by atoms with Crippen LogP contribution in [0.5, 0.6) is 0 Å². The zero-order valence-electron chi connectivity index (χ0n) is 20.9. The van der Waals surface area contributed by atoms with Crippen molar-refractivity contribution in [3.63, 3.8) is 0 Å². The lowest BCUT2D eigenvalue weighted by molar-refractivity contribution is -0.138. The second-order valence-electron chi connectivity index (χ2n) is 9.23. The van der Waals surface area contributed by atoms with Crippen LogP contribution in [0.15, 0.2) is 84.9 Å². The van der Waals surface area contributed by atoms with E-state index >= 15 is 0 Å². The Morgan fingerprint density at radius 2 is 1.11 bits per heavy atom. The first-order valence-electron chi connectivity index (χ1n) is 12.9. The number of benzene rings is 4. The van der Waals surface area contributed by atoms with E-state index in [0.717, 1.165) is 51.4 Å². The Balaban J connectivity index is 0.000000201. The molecule has 4 nitrogen and oxygen atoms in total. The third-order valence-corrected chi connectivity index (χ3v) is 6.39. The Hall–Kier alpha value is -3.66. The number of fused-ring (bicyclic) bond motifs is 2. The molecule has 0 heterocycles. The van der Waals surface area contributed by atoms with Crippen LogP contribution < -0.4 is 0 Å². The lowest BCUT2D eigenvalue weighted by Gasteiger charge is -2.06. The Kier molecular flexibility index (Phi) is 11.0. The molecule has 0 saturated heterocycles. The van der Waals surface area contributed by atoms with Gasteiger partial charge in [-0.25, -0.2) is 0 Å². The summed E-state index contributed by atoms with van der Waals surface area (Å²) < 4.78 is 0. The van der Waals surface area contributed by atoms with E-state index in [0.29, 0.717) is 0 Å². The van der Waals surface area contributed by atoms with Crippen molar-refractivity contribution in [3.05, 3.63) is 96.1 Å². The van der Waals surface area contributed by atoms with E-state index in [1.807, 2.05) is 6.07 Å². The van der Waals surface area contributed by atoms with Gasteiger partial charge in [-0.05, 0) is 71.2 Å². The molecule has 0 fully saturated rings. The number of carboxylic acids is 2. The third-order valence-electron chi connectivity index (χ3n) is 6.39. The van der Waals surface area contributed by atoms with Gasteiger partial charge in [0.05, 0.1) is 0 Å². The molecule has 4 aromatic rings. The molecule has 0 radical (unpaired) electrons. The van der Waals surface area contributed by atoms with Crippen LogP contribution in [0.1, 0.15) is 62.5 Å². The summed E-state index contributed by atoms with van der Waals surface area (Å²) in [4.78, 5) is 20.8. The summed E-state index contributed by atoms with van der Waals surface area (Å²) in [5.74, 6) is -1.39. The highest BCUT2D eigenvalue weighted by atomic mass is 16.4. The zero-order valence-corrected chi connectivity index (χ0v) is 20.9.